The summed E-state index contributed by atoms with van der Waals surface area (Å²) in [5, 5.41) is 15.8. The Balaban J connectivity index is 1.24. The number of thiophene rings is 1. The summed E-state index contributed by atoms with van der Waals surface area (Å²) in [4.78, 5) is 0. The van der Waals surface area contributed by atoms with E-state index in [1.165, 1.54) is 29.7 Å². The maximum atomic E-state index is 9.72. The van der Waals surface area contributed by atoms with Crippen LogP contribution in [0, 0.1) is 17.2 Å². The van der Waals surface area contributed by atoms with Crippen LogP contribution in [0.5, 0.6) is 16.6 Å². The lowest BCUT2D eigenvalue weighted by Gasteiger charge is -2.07. The molecule has 1 aliphatic carbocycles. The summed E-state index contributed by atoms with van der Waals surface area (Å²) in [7, 11) is 0. The number of rotatable bonds is 8. The fourth-order valence-electron chi connectivity index (χ4n) is 3.47. The van der Waals surface area contributed by atoms with Crippen LogP contribution in [0.15, 0.2) is 47.8 Å². The first-order valence-electron chi connectivity index (χ1n) is 10.1. The molecule has 1 aliphatic heterocycles. The molecule has 1 fully saturated rings. The zero-order valence-corrected chi connectivity index (χ0v) is 17.3. The van der Waals surface area contributed by atoms with Crippen molar-refractivity contribution in [1.29, 1.82) is 5.26 Å². The van der Waals surface area contributed by atoms with Crippen LogP contribution < -0.4 is 19.5 Å². The number of nitrogens with zero attached hydrogens (tertiary/aromatic N) is 1. The van der Waals surface area contributed by atoms with Crippen LogP contribution in [-0.2, 0) is 13.2 Å². The zero-order valence-electron chi connectivity index (χ0n) is 16.5. The molecule has 152 valence electrons. The molecule has 0 spiro atoms. The van der Waals surface area contributed by atoms with Gasteiger partial charge in [0.2, 0.25) is 6.79 Å². The Morgan fingerprint density at radius 1 is 1.07 bits per heavy atom. The van der Waals surface area contributed by atoms with E-state index in [1.807, 2.05) is 23.6 Å². The van der Waals surface area contributed by atoms with Crippen molar-refractivity contribution in [3.8, 4) is 33.8 Å². The lowest BCUT2D eigenvalue weighted by atomic mass is 10.0. The predicted molar refractivity (Wildman–Crippen MR) is 116 cm³/mol. The second-order valence-electron chi connectivity index (χ2n) is 7.67. The summed E-state index contributed by atoms with van der Waals surface area (Å²) in [5.41, 5.74) is 4.69. The molecule has 6 heteroatoms. The van der Waals surface area contributed by atoms with Crippen LogP contribution >= 0.6 is 11.3 Å². The molecule has 2 aliphatic rings. The van der Waals surface area contributed by atoms with Crippen LogP contribution in [-0.4, -0.2) is 13.3 Å². The van der Waals surface area contributed by atoms with Gasteiger partial charge in [-0.25, -0.2) is 0 Å². The van der Waals surface area contributed by atoms with E-state index in [4.69, 9.17) is 14.2 Å². The van der Waals surface area contributed by atoms with E-state index in [0.29, 0.717) is 23.0 Å². The van der Waals surface area contributed by atoms with Gasteiger partial charge < -0.3 is 19.5 Å². The standard InChI is InChI=1S/C24H22N2O3S/c25-10-20-21(19-7-8-22-23(9-19)29-15-28-22)14-30-24(20)27-13-18-5-3-17(4-6-18)12-26-11-16-1-2-16/h3-9,14,16,26H,1-2,11-13,15H2. The Morgan fingerprint density at radius 3 is 2.67 bits per heavy atom. The normalized spacial score (nSPS) is 14.5. The van der Waals surface area contributed by atoms with Gasteiger partial charge in [-0.3, -0.25) is 0 Å². The summed E-state index contributed by atoms with van der Waals surface area (Å²) < 4.78 is 16.8. The van der Waals surface area contributed by atoms with E-state index in [1.54, 1.807) is 0 Å². The largest absolute Gasteiger partial charge is 0.478 e. The van der Waals surface area contributed by atoms with Gasteiger partial charge in [-0.2, -0.15) is 5.26 Å². The molecule has 0 bridgehead atoms. The van der Waals surface area contributed by atoms with Gasteiger partial charge in [-0.15, -0.1) is 11.3 Å². The monoisotopic (exact) mass is 418 g/mol. The highest BCUT2D eigenvalue weighted by Crippen LogP contribution is 2.41. The molecule has 0 atom stereocenters. The molecule has 5 nitrogen and oxygen atoms in total. The van der Waals surface area contributed by atoms with E-state index in [9.17, 15) is 5.26 Å². The van der Waals surface area contributed by atoms with Crippen LogP contribution in [0.4, 0.5) is 0 Å². The van der Waals surface area contributed by atoms with E-state index in [-0.39, 0.29) is 6.79 Å². The van der Waals surface area contributed by atoms with Crippen LogP contribution in [0.3, 0.4) is 0 Å². The van der Waals surface area contributed by atoms with Crippen molar-refractivity contribution in [2.24, 2.45) is 5.92 Å². The Bertz CT molecular complexity index is 1080. The third-order valence-corrected chi connectivity index (χ3v) is 6.29. The zero-order chi connectivity index (χ0) is 20.3. The van der Waals surface area contributed by atoms with Gasteiger partial charge in [0.1, 0.15) is 18.2 Å². The fourth-order valence-corrected chi connectivity index (χ4v) is 4.35. The predicted octanol–water partition coefficient (Wildman–Crippen LogP) is 5.09. The summed E-state index contributed by atoms with van der Waals surface area (Å²) in [6, 6.07) is 16.5. The molecule has 5 rings (SSSR count). The van der Waals surface area contributed by atoms with Gasteiger partial charge in [0, 0.05) is 17.5 Å². The molecule has 2 heterocycles. The minimum atomic E-state index is 0.233. The fraction of sp³-hybridized carbons (Fsp3) is 0.292. The number of nitrogens with one attached hydrogen (secondary N) is 1. The van der Waals surface area contributed by atoms with Gasteiger partial charge in [0.15, 0.2) is 16.6 Å². The van der Waals surface area contributed by atoms with Crippen molar-refractivity contribution in [3.05, 3.63) is 64.5 Å². The first kappa shape index (κ1) is 19.0. The van der Waals surface area contributed by atoms with Gasteiger partial charge in [-0.05, 0) is 54.1 Å². The highest BCUT2D eigenvalue weighted by Gasteiger charge is 2.20. The maximum absolute atomic E-state index is 9.72. The molecular weight excluding hydrogens is 396 g/mol. The molecule has 1 N–H and O–H groups in total. The van der Waals surface area contributed by atoms with E-state index >= 15 is 0 Å². The number of hydrogen-bond donors (Lipinski definition) is 1. The number of nitriles is 1. The van der Waals surface area contributed by atoms with E-state index in [2.05, 4.69) is 35.7 Å². The lowest BCUT2D eigenvalue weighted by molar-refractivity contribution is 0.174. The quantitative estimate of drug-likeness (QED) is 0.552. The van der Waals surface area contributed by atoms with E-state index in [0.717, 1.165) is 41.4 Å². The Kier molecular flexibility index (Phi) is 5.31. The summed E-state index contributed by atoms with van der Waals surface area (Å²) in [5.74, 6) is 2.33. The summed E-state index contributed by atoms with van der Waals surface area (Å²) >= 11 is 1.44. The molecule has 1 saturated carbocycles. The highest BCUT2D eigenvalue weighted by atomic mass is 32.1. The topological polar surface area (TPSA) is 63.5 Å². The van der Waals surface area contributed by atoms with Gasteiger partial charge in [-0.1, -0.05) is 30.3 Å². The minimum absolute atomic E-state index is 0.233. The van der Waals surface area contributed by atoms with Crippen molar-refractivity contribution < 1.29 is 14.2 Å². The SMILES string of the molecule is N#Cc1c(-c2ccc3c(c2)OCO3)csc1OCc1ccc(CNCC2CC2)cc1. The number of benzene rings is 2. The van der Waals surface area contributed by atoms with Crippen LogP contribution in [0.25, 0.3) is 11.1 Å². The number of hydrogen-bond acceptors (Lipinski definition) is 6. The molecule has 30 heavy (non-hydrogen) atoms. The lowest BCUT2D eigenvalue weighted by Crippen LogP contribution is -2.16. The summed E-state index contributed by atoms with van der Waals surface area (Å²) in [6.45, 7) is 2.69. The van der Waals surface area contributed by atoms with Crippen molar-refractivity contribution >= 4 is 11.3 Å². The van der Waals surface area contributed by atoms with Gasteiger partial charge in [0.25, 0.3) is 0 Å². The average Bonchev–Trinajstić information content (AvgIpc) is 3.32. The molecule has 0 amide bonds. The van der Waals surface area contributed by atoms with Gasteiger partial charge >= 0.3 is 0 Å². The van der Waals surface area contributed by atoms with Crippen LogP contribution in [0.2, 0.25) is 0 Å². The summed E-state index contributed by atoms with van der Waals surface area (Å²) in [6.07, 6.45) is 2.74. The Hall–Kier alpha value is -3.01. The minimum Gasteiger partial charge on any atom is -0.478 e. The first-order valence-corrected chi connectivity index (χ1v) is 11.0. The van der Waals surface area contributed by atoms with Crippen molar-refractivity contribution in [1.82, 2.24) is 5.32 Å². The van der Waals surface area contributed by atoms with Crippen molar-refractivity contribution in [2.45, 2.75) is 26.0 Å². The van der Waals surface area contributed by atoms with Crippen molar-refractivity contribution in [2.75, 3.05) is 13.3 Å². The molecule has 1 aromatic heterocycles. The molecule has 0 unspecified atom stereocenters. The second-order valence-corrected chi connectivity index (χ2v) is 8.51. The molecule has 0 radical (unpaired) electrons. The number of fused-ring (bicyclic) bond motifs is 1. The Labute approximate surface area is 179 Å². The number of ether oxygens (including phenoxy) is 3. The van der Waals surface area contributed by atoms with E-state index < -0.39 is 0 Å². The smallest absolute Gasteiger partial charge is 0.231 e. The third-order valence-electron chi connectivity index (χ3n) is 5.40. The molecule has 3 aromatic rings. The van der Waals surface area contributed by atoms with Crippen molar-refractivity contribution in [3.63, 3.8) is 0 Å². The van der Waals surface area contributed by atoms with Crippen LogP contribution in [0.1, 0.15) is 29.5 Å². The molecular formula is C24H22N2O3S. The average molecular weight is 419 g/mol. The first-order chi connectivity index (χ1) is 14.8. The third kappa shape index (κ3) is 4.13. The maximum Gasteiger partial charge on any atom is 0.231 e. The second kappa shape index (κ2) is 8.39. The molecule has 2 aromatic carbocycles. The Morgan fingerprint density at radius 2 is 1.87 bits per heavy atom. The van der Waals surface area contributed by atoms with Gasteiger partial charge in [0.05, 0.1) is 0 Å². The molecule has 0 saturated heterocycles. The highest BCUT2D eigenvalue weighted by molar-refractivity contribution is 7.12.